The summed E-state index contributed by atoms with van der Waals surface area (Å²) in [5.41, 5.74) is 4.39. The Balaban J connectivity index is 2.37. The molecule has 0 bridgehead atoms. The van der Waals surface area contributed by atoms with Crippen LogP contribution in [-0.4, -0.2) is 26.8 Å². The Kier molecular flexibility index (Phi) is 3.30. The third-order valence-electron chi connectivity index (χ3n) is 4.21. The lowest BCUT2D eigenvalue weighted by Gasteiger charge is -2.28. The van der Waals surface area contributed by atoms with Gasteiger partial charge in [-0.3, -0.25) is 4.79 Å². The minimum atomic E-state index is -0.872. The summed E-state index contributed by atoms with van der Waals surface area (Å²) >= 11 is 0. The van der Waals surface area contributed by atoms with E-state index in [0.29, 0.717) is 0 Å². The largest absolute Gasteiger partial charge is 0.468 e. The Morgan fingerprint density at radius 1 is 1.05 bits per heavy atom. The molecule has 2 aromatic rings. The zero-order valence-corrected chi connectivity index (χ0v) is 12.5. The molecule has 3 rings (SSSR count). The van der Waals surface area contributed by atoms with Crippen molar-refractivity contribution in [3.8, 4) is 11.1 Å². The average Bonchev–Trinajstić information content (AvgIpc) is 2.78. The minimum absolute atomic E-state index is 0.271. The number of methoxy groups -OCH3 is 2. The van der Waals surface area contributed by atoms with Crippen LogP contribution in [0.3, 0.4) is 0 Å². The van der Waals surface area contributed by atoms with Crippen LogP contribution < -0.4 is 0 Å². The maximum atomic E-state index is 12.6. The lowest BCUT2D eigenvalue weighted by molar-refractivity contribution is -0.147. The normalized spacial score (nSPS) is 19.0. The van der Waals surface area contributed by atoms with Crippen molar-refractivity contribution in [3.63, 3.8) is 0 Å². The van der Waals surface area contributed by atoms with Gasteiger partial charge >= 0.3 is 5.97 Å². The van der Waals surface area contributed by atoms with Gasteiger partial charge in [-0.25, -0.2) is 0 Å². The summed E-state index contributed by atoms with van der Waals surface area (Å²) in [6, 6.07) is 14.1. The Labute approximate surface area is 124 Å². The van der Waals surface area contributed by atoms with Crippen molar-refractivity contribution in [1.82, 2.24) is 0 Å². The molecule has 0 saturated carbocycles. The van der Waals surface area contributed by atoms with E-state index in [-0.39, 0.29) is 12.6 Å². The highest BCUT2D eigenvalue weighted by molar-refractivity contribution is 5.98. The van der Waals surface area contributed by atoms with E-state index >= 15 is 0 Å². The van der Waals surface area contributed by atoms with Gasteiger partial charge in [0.1, 0.15) is 5.41 Å². The summed E-state index contributed by atoms with van der Waals surface area (Å²) in [5, 5.41) is 0. The summed E-state index contributed by atoms with van der Waals surface area (Å²) in [6.07, 6.45) is 0. The van der Waals surface area contributed by atoms with E-state index in [1.807, 2.05) is 36.4 Å². The standard InChI is InChI=1S/C18H18O3/c1-12-8-9-16-14(10-12)13-6-4-5-7-15(13)18(16,11-20-2)17(19)21-3/h4-10H,11H2,1-3H3. The predicted octanol–water partition coefficient (Wildman–Crippen LogP) is 3.08. The SMILES string of the molecule is COCC1(C(=O)OC)c2ccccc2-c2cc(C)ccc21. The molecule has 0 heterocycles. The molecule has 0 amide bonds. The average molecular weight is 282 g/mol. The number of aryl methyl sites for hydroxylation is 1. The zero-order valence-electron chi connectivity index (χ0n) is 12.5. The molecule has 0 spiro atoms. The fraction of sp³-hybridized carbons (Fsp3) is 0.278. The first kappa shape index (κ1) is 13.8. The first-order chi connectivity index (χ1) is 10.1. The van der Waals surface area contributed by atoms with Gasteiger partial charge in [-0.15, -0.1) is 0 Å². The fourth-order valence-electron chi connectivity index (χ4n) is 3.31. The summed E-state index contributed by atoms with van der Waals surface area (Å²) in [6.45, 7) is 2.32. The van der Waals surface area contributed by atoms with Crippen LogP contribution in [0.1, 0.15) is 16.7 Å². The van der Waals surface area contributed by atoms with Crippen LogP contribution in [0.2, 0.25) is 0 Å². The zero-order chi connectivity index (χ0) is 15.0. The predicted molar refractivity (Wildman–Crippen MR) is 81.3 cm³/mol. The highest BCUT2D eigenvalue weighted by Crippen LogP contribution is 2.49. The van der Waals surface area contributed by atoms with Gasteiger partial charge in [0.25, 0.3) is 0 Å². The summed E-state index contributed by atoms with van der Waals surface area (Å²) in [7, 11) is 3.04. The van der Waals surface area contributed by atoms with Gasteiger partial charge < -0.3 is 9.47 Å². The molecular weight excluding hydrogens is 264 g/mol. The van der Waals surface area contributed by atoms with Crippen molar-refractivity contribution in [1.29, 1.82) is 0 Å². The van der Waals surface area contributed by atoms with Crippen LogP contribution in [-0.2, 0) is 19.7 Å². The molecule has 0 N–H and O–H groups in total. The first-order valence-electron chi connectivity index (χ1n) is 6.93. The van der Waals surface area contributed by atoms with E-state index in [4.69, 9.17) is 9.47 Å². The monoisotopic (exact) mass is 282 g/mol. The van der Waals surface area contributed by atoms with Crippen LogP contribution in [0.4, 0.5) is 0 Å². The van der Waals surface area contributed by atoms with E-state index in [9.17, 15) is 4.79 Å². The van der Waals surface area contributed by atoms with Crippen molar-refractivity contribution in [3.05, 3.63) is 59.2 Å². The van der Waals surface area contributed by atoms with Gasteiger partial charge in [-0.2, -0.15) is 0 Å². The maximum absolute atomic E-state index is 12.6. The van der Waals surface area contributed by atoms with Gasteiger partial charge in [0.2, 0.25) is 0 Å². The lowest BCUT2D eigenvalue weighted by atomic mass is 9.78. The van der Waals surface area contributed by atoms with Gasteiger partial charge in [-0.1, -0.05) is 48.0 Å². The van der Waals surface area contributed by atoms with E-state index < -0.39 is 5.41 Å². The number of ether oxygens (including phenoxy) is 2. The molecule has 0 aromatic heterocycles. The number of carbonyl (C=O) groups excluding carboxylic acids is 1. The second-order valence-corrected chi connectivity index (χ2v) is 5.42. The van der Waals surface area contributed by atoms with E-state index in [0.717, 1.165) is 22.3 Å². The Morgan fingerprint density at radius 2 is 1.76 bits per heavy atom. The number of carbonyl (C=O) groups is 1. The number of hydrogen-bond acceptors (Lipinski definition) is 3. The summed E-state index contributed by atoms with van der Waals surface area (Å²) in [4.78, 5) is 12.6. The van der Waals surface area contributed by atoms with Crippen LogP contribution in [0.15, 0.2) is 42.5 Å². The summed E-state index contributed by atoms with van der Waals surface area (Å²) < 4.78 is 10.5. The Hall–Kier alpha value is -2.13. The molecule has 108 valence electrons. The number of hydrogen-bond donors (Lipinski definition) is 0. The molecule has 1 atom stereocenters. The molecule has 0 radical (unpaired) electrons. The minimum Gasteiger partial charge on any atom is -0.468 e. The van der Waals surface area contributed by atoms with Crippen molar-refractivity contribution in [2.45, 2.75) is 12.3 Å². The molecule has 3 heteroatoms. The van der Waals surface area contributed by atoms with Crippen LogP contribution in [0.25, 0.3) is 11.1 Å². The highest BCUT2D eigenvalue weighted by Gasteiger charge is 2.50. The Bertz CT molecular complexity index is 705. The maximum Gasteiger partial charge on any atom is 0.323 e. The molecule has 0 fully saturated rings. The van der Waals surface area contributed by atoms with Crippen molar-refractivity contribution in [2.75, 3.05) is 20.8 Å². The highest BCUT2D eigenvalue weighted by atomic mass is 16.5. The van der Waals surface area contributed by atoms with Gasteiger partial charge in [0.05, 0.1) is 13.7 Å². The van der Waals surface area contributed by atoms with Crippen molar-refractivity contribution in [2.24, 2.45) is 0 Å². The molecule has 1 aliphatic rings. The van der Waals surface area contributed by atoms with Crippen LogP contribution in [0.5, 0.6) is 0 Å². The number of rotatable bonds is 3. The van der Waals surface area contributed by atoms with Crippen molar-refractivity contribution >= 4 is 5.97 Å². The second-order valence-electron chi connectivity index (χ2n) is 5.42. The van der Waals surface area contributed by atoms with Crippen LogP contribution in [0, 0.1) is 6.92 Å². The number of esters is 1. The summed E-state index contributed by atoms with van der Waals surface area (Å²) in [5.74, 6) is -0.278. The fourth-order valence-corrected chi connectivity index (χ4v) is 3.31. The number of benzene rings is 2. The quantitative estimate of drug-likeness (QED) is 0.812. The van der Waals surface area contributed by atoms with Gasteiger partial charge in [0.15, 0.2) is 0 Å². The molecule has 3 nitrogen and oxygen atoms in total. The second kappa shape index (κ2) is 5.01. The van der Waals surface area contributed by atoms with Crippen molar-refractivity contribution < 1.29 is 14.3 Å². The Morgan fingerprint density at radius 3 is 2.48 bits per heavy atom. The van der Waals surface area contributed by atoms with E-state index in [1.165, 1.54) is 12.7 Å². The van der Waals surface area contributed by atoms with Gasteiger partial charge in [0, 0.05) is 7.11 Å². The third kappa shape index (κ3) is 1.81. The van der Waals surface area contributed by atoms with Gasteiger partial charge in [-0.05, 0) is 29.2 Å². The third-order valence-corrected chi connectivity index (χ3v) is 4.21. The molecule has 0 saturated heterocycles. The smallest absolute Gasteiger partial charge is 0.323 e. The molecular formula is C18H18O3. The topological polar surface area (TPSA) is 35.5 Å². The van der Waals surface area contributed by atoms with E-state index in [2.05, 4.69) is 13.0 Å². The molecule has 2 aromatic carbocycles. The molecule has 0 aliphatic heterocycles. The molecule has 1 aliphatic carbocycles. The van der Waals surface area contributed by atoms with E-state index in [1.54, 1.807) is 7.11 Å². The molecule has 21 heavy (non-hydrogen) atoms. The first-order valence-corrected chi connectivity index (χ1v) is 6.93. The number of fused-ring (bicyclic) bond motifs is 3. The van der Waals surface area contributed by atoms with Crippen LogP contribution >= 0.6 is 0 Å². The lowest BCUT2D eigenvalue weighted by Crippen LogP contribution is -2.40. The molecule has 1 unspecified atom stereocenters.